The molecule has 1 aromatic heterocycles. The van der Waals surface area contributed by atoms with Gasteiger partial charge in [0.2, 0.25) is 10.0 Å². The maximum absolute atomic E-state index is 12.4. The van der Waals surface area contributed by atoms with Crippen molar-refractivity contribution in [3.05, 3.63) is 53.6 Å². The molecule has 0 saturated carbocycles. The highest BCUT2D eigenvalue weighted by Crippen LogP contribution is 2.36. The summed E-state index contributed by atoms with van der Waals surface area (Å²) in [7, 11) is -3.31. The Balaban J connectivity index is 1.49. The molecule has 0 unspecified atom stereocenters. The Morgan fingerprint density at radius 2 is 1.83 bits per heavy atom. The van der Waals surface area contributed by atoms with E-state index in [2.05, 4.69) is 14.9 Å². The maximum Gasteiger partial charge on any atom is 0.211 e. The van der Waals surface area contributed by atoms with Crippen LogP contribution in [0.25, 0.3) is 0 Å². The minimum Gasteiger partial charge on any atom is -0.485 e. The highest BCUT2D eigenvalue weighted by atomic mass is 32.2. The molecule has 4 rings (SSSR count). The summed E-state index contributed by atoms with van der Waals surface area (Å²) >= 11 is 0. The summed E-state index contributed by atoms with van der Waals surface area (Å²) < 4.78 is 32.8. The van der Waals surface area contributed by atoms with Crippen LogP contribution in [0.15, 0.2) is 36.7 Å². The van der Waals surface area contributed by atoms with Crippen LogP contribution in [-0.2, 0) is 29.5 Å². The van der Waals surface area contributed by atoms with Gasteiger partial charge in [-0.25, -0.2) is 18.4 Å². The number of piperidine rings is 1. The van der Waals surface area contributed by atoms with Gasteiger partial charge in [-0.05, 0) is 6.07 Å². The molecule has 29 heavy (non-hydrogen) atoms. The van der Waals surface area contributed by atoms with Gasteiger partial charge in [0.1, 0.15) is 17.2 Å². The molecule has 0 radical (unpaired) electrons. The van der Waals surface area contributed by atoms with Gasteiger partial charge in [-0.2, -0.15) is 4.31 Å². The van der Waals surface area contributed by atoms with Crippen molar-refractivity contribution < 1.29 is 13.2 Å². The van der Waals surface area contributed by atoms with Crippen LogP contribution in [0.4, 0.5) is 0 Å². The highest BCUT2D eigenvalue weighted by Gasteiger charge is 2.42. The standard InChI is InChI=1S/C21H28N4O3S/c1-3-20-22-12-17(13-23-20)14-24-10-8-21(9-11-24)16-25(29(2,26)27)15-18-6-4-5-7-19(18)28-21/h4-7,12-13H,3,8-11,14-16H2,1-2H3. The van der Waals surface area contributed by atoms with Crippen LogP contribution in [0.2, 0.25) is 0 Å². The molecule has 156 valence electrons. The number of ether oxygens (including phenoxy) is 1. The third-order valence-corrected chi connectivity index (χ3v) is 7.02. The van der Waals surface area contributed by atoms with Gasteiger partial charge in [0.15, 0.2) is 0 Å². The van der Waals surface area contributed by atoms with E-state index < -0.39 is 15.6 Å². The highest BCUT2D eigenvalue weighted by molar-refractivity contribution is 7.88. The van der Waals surface area contributed by atoms with Crippen molar-refractivity contribution in [1.82, 2.24) is 19.2 Å². The molecule has 0 atom stereocenters. The van der Waals surface area contributed by atoms with Crippen molar-refractivity contribution in [1.29, 1.82) is 0 Å². The lowest BCUT2D eigenvalue weighted by atomic mass is 9.90. The van der Waals surface area contributed by atoms with Gasteiger partial charge < -0.3 is 4.74 Å². The van der Waals surface area contributed by atoms with Crippen molar-refractivity contribution in [2.24, 2.45) is 0 Å². The van der Waals surface area contributed by atoms with E-state index in [1.807, 2.05) is 43.6 Å². The van der Waals surface area contributed by atoms with E-state index in [-0.39, 0.29) is 0 Å². The summed E-state index contributed by atoms with van der Waals surface area (Å²) in [5.41, 5.74) is 1.53. The van der Waals surface area contributed by atoms with Crippen LogP contribution in [0.5, 0.6) is 5.75 Å². The Labute approximate surface area is 172 Å². The zero-order valence-electron chi connectivity index (χ0n) is 17.0. The smallest absolute Gasteiger partial charge is 0.211 e. The second kappa shape index (κ2) is 8.01. The maximum atomic E-state index is 12.4. The van der Waals surface area contributed by atoms with Gasteiger partial charge in [0.25, 0.3) is 0 Å². The summed E-state index contributed by atoms with van der Waals surface area (Å²) in [5, 5.41) is 0. The minimum absolute atomic E-state index is 0.363. The first-order valence-electron chi connectivity index (χ1n) is 10.1. The number of hydrogen-bond donors (Lipinski definition) is 0. The van der Waals surface area contributed by atoms with Crippen LogP contribution in [0, 0.1) is 0 Å². The second-order valence-corrected chi connectivity index (χ2v) is 10.0. The first-order valence-corrected chi connectivity index (χ1v) is 12.0. The number of fused-ring (bicyclic) bond motifs is 1. The van der Waals surface area contributed by atoms with Gasteiger partial charge in [-0.3, -0.25) is 4.90 Å². The van der Waals surface area contributed by atoms with Crippen LogP contribution >= 0.6 is 0 Å². The molecule has 0 bridgehead atoms. The van der Waals surface area contributed by atoms with Crippen molar-refractivity contribution in [2.45, 2.75) is 44.9 Å². The van der Waals surface area contributed by atoms with E-state index in [0.717, 1.165) is 61.6 Å². The fraction of sp³-hybridized carbons (Fsp3) is 0.524. The third kappa shape index (κ3) is 4.60. The van der Waals surface area contributed by atoms with E-state index in [1.165, 1.54) is 6.26 Å². The Morgan fingerprint density at radius 1 is 1.14 bits per heavy atom. The fourth-order valence-electron chi connectivity index (χ4n) is 4.08. The molecule has 1 spiro atoms. The SMILES string of the molecule is CCc1ncc(CN2CCC3(CC2)CN(S(C)(=O)=O)Cc2ccccc2O3)cn1. The number of aryl methyl sites for hydroxylation is 1. The van der Waals surface area contributed by atoms with Crippen LogP contribution < -0.4 is 4.74 Å². The Bertz CT molecular complexity index is 954. The Morgan fingerprint density at radius 3 is 2.48 bits per heavy atom. The molecule has 1 fully saturated rings. The summed E-state index contributed by atoms with van der Waals surface area (Å²) in [4.78, 5) is 11.1. The van der Waals surface area contributed by atoms with Gasteiger partial charge in [0.05, 0.1) is 12.8 Å². The number of aromatic nitrogens is 2. The molecule has 2 aliphatic heterocycles. The fourth-order valence-corrected chi connectivity index (χ4v) is 4.93. The van der Waals surface area contributed by atoms with Crippen molar-refractivity contribution >= 4 is 10.0 Å². The van der Waals surface area contributed by atoms with Gasteiger partial charge >= 0.3 is 0 Å². The molecule has 0 amide bonds. The van der Waals surface area contributed by atoms with E-state index in [1.54, 1.807) is 4.31 Å². The molecule has 2 aliphatic rings. The summed E-state index contributed by atoms with van der Waals surface area (Å²) in [6.45, 7) is 5.28. The average molecular weight is 417 g/mol. The number of rotatable bonds is 4. The Kier molecular flexibility index (Phi) is 5.59. The summed E-state index contributed by atoms with van der Waals surface area (Å²) in [6, 6.07) is 7.76. The van der Waals surface area contributed by atoms with Gasteiger partial charge in [0, 0.05) is 69.0 Å². The molecule has 2 aromatic rings. The molecule has 7 nitrogen and oxygen atoms in total. The zero-order chi connectivity index (χ0) is 20.5. The number of nitrogens with zero attached hydrogens (tertiary/aromatic N) is 4. The van der Waals surface area contributed by atoms with Crippen LogP contribution in [0.1, 0.15) is 36.7 Å². The molecule has 8 heteroatoms. The molecule has 3 heterocycles. The van der Waals surface area contributed by atoms with Crippen molar-refractivity contribution in [3.8, 4) is 5.75 Å². The average Bonchev–Trinajstić information content (AvgIpc) is 2.87. The number of hydrogen-bond acceptors (Lipinski definition) is 6. The molecular weight excluding hydrogens is 388 g/mol. The summed E-state index contributed by atoms with van der Waals surface area (Å²) in [6.07, 6.45) is 7.48. The van der Waals surface area contributed by atoms with Crippen LogP contribution in [0.3, 0.4) is 0 Å². The number of para-hydroxylation sites is 1. The van der Waals surface area contributed by atoms with Crippen LogP contribution in [-0.4, -0.2) is 59.1 Å². The van der Waals surface area contributed by atoms with E-state index >= 15 is 0 Å². The predicted octanol–water partition coefficient (Wildman–Crippen LogP) is 2.23. The quantitative estimate of drug-likeness (QED) is 0.761. The molecule has 0 N–H and O–H groups in total. The molecule has 1 aromatic carbocycles. The molecule has 0 aliphatic carbocycles. The third-order valence-electron chi connectivity index (χ3n) is 5.83. The van der Waals surface area contributed by atoms with Gasteiger partial charge in [-0.1, -0.05) is 25.1 Å². The zero-order valence-corrected chi connectivity index (χ0v) is 17.9. The lowest BCUT2D eigenvalue weighted by Crippen LogP contribution is -2.53. The van der Waals surface area contributed by atoms with E-state index in [0.29, 0.717) is 13.1 Å². The van der Waals surface area contributed by atoms with Crippen molar-refractivity contribution in [3.63, 3.8) is 0 Å². The van der Waals surface area contributed by atoms with E-state index in [4.69, 9.17) is 4.74 Å². The number of sulfonamides is 1. The number of likely N-dealkylation sites (tertiary alicyclic amines) is 1. The number of benzene rings is 1. The lowest BCUT2D eigenvalue weighted by Gasteiger charge is -2.42. The normalized spacial score (nSPS) is 20.1. The first kappa shape index (κ1) is 20.3. The largest absolute Gasteiger partial charge is 0.485 e. The summed E-state index contributed by atoms with van der Waals surface area (Å²) in [5.74, 6) is 1.66. The van der Waals surface area contributed by atoms with E-state index in [9.17, 15) is 8.42 Å². The second-order valence-electron chi connectivity index (χ2n) is 8.06. The first-order chi connectivity index (χ1) is 13.9. The molecular formula is C21H28N4O3S. The Hall–Kier alpha value is -2.03. The molecule has 1 saturated heterocycles. The monoisotopic (exact) mass is 416 g/mol. The minimum atomic E-state index is -3.31. The van der Waals surface area contributed by atoms with Gasteiger partial charge in [-0.15, -0.1) is 0 Å². The lowest BCUT2D eigenvalue weighted by molar-refractivity contribution is -0.00748. The van der Waals surface area contributed by atoms with Crippen molar-refractivity contribution in [2.75, 3.05) is 25.9 Å². The predicted molar refractivity (Wildman–Crippen MR) is 111 cm³/mol. The topological polar surface area (TPSA) is 75.6 Å².